The first kappa shape index (κ1) is 24.4. The van der Waals surface area contributed by atoms with Crippen LogP contribution in [-0.2, 0) is 9.53 Å². The van der Waals surface area contributed by atoms with E-state index in [1.165, 1.54) is 11.2 Å². The van der Waals surface area contributed by atoms with Gasteiger partial charge < -0.3 is 28.8 Å². The van der Waals surface area contributed by atoms with E-state index in [1.807, 2.05) is 24.3 Å². The number of nitrogens with one attached hydrogen (secondary N) is 1. The van der Waals surface area contributed by atoms with Crippen molar-refractivity contribution in [2.45, 2.75) is 37.8 Å². The number of morpholine rings is 1. The molecule has 1 saturated carbocycles. The molecular weight excluding hydrogens is 486 g/mol. The molecule has 1 aliphatic carbocycles. The Morgan fingerprint density at radius 1 is 0.947 bits per heavy atom. The summed E-state index contributed by atoms with van der Waals surface area (Å²) < 4.78 is 22.1. The Morgan fingerprint density at radius 3 is 2.45 bits per heavy atom. The molecule has 2 aromatic carbocycles. The third kappa shape index (κ3) is 4.93. The van der Waals surface area contributed by atoms with Crippen molar-refractivity contribution in [3.05, 3.63) is 72.2 Å². The molecule has 9 heteroatoms. The molecule has 0 bridgehead atoms. The SMILES string of the molecule is O=C(NC1CCCC1)C(c1ccc(N2CCOCC2)cc1)N(C(=O)c1ccco1)c1ccc2c(c1)OCO2. The average molecular weight is 518 g/mol. The van der Waals surface area contributed by atoms with Crippen LogP contribution < -0.4 is 24.6 Å². The molecule has 1 aromatic heterocycles. The first-order chi connectivity index (χ1) is 18.7. The smallest absolute Gasteiger partial charge is 0.294 e. The van der Waals surface area contributed by atoms with E-state index in [-0.39, 0.29) is 24.5 Å². The summed E-state index contributed by atoms with van der Waals surface area (Å²) in [5.74, 6) is 0.621. The Bertz CT molecular complexity index is 1260. The Balaban J connectivity index is 1.41. The van der Waals surface area contributed by atoms with Crippen LogP contribution in [0.2, 0.25) is 0 Å². The summed E-state index contributed by atoms with van der Waals surface area (Å²) in [6.45, 7) is 3.10. The lowest BCUT2D eigenvalue weighted by Crippen LogP contribution is -2.46. The van der Waals surface area contributed by atoms with Crippen LogP contribution in [0.4, 0.5) is 11.4 Å². The van der Waals surface area contributed by atoms with Crippen molar-refractivity contribution < 1.29 is 28.2 Å². The maximum Gasteiger partial charge on any atom is 0.294 e. The van der Waals surface area contributed by atoms with Crippen LogP contribution in [0, 0.1) is 0 Å². The van der Waals surface area contributed by atoms with E-state index in [1.54, 1.807) is 30.3 Å². The number of ether oxygens (including phenoxy) is 3. The number of carbonyl (C=O) groups is 2. The minimum atomic E-state index is -0.924. The number of fused-ring (bicyclic) bond motifs is 1. The highest BCUT2D eigenvalue weighted by Crippen LogP contribution is 2.39. The average Bonchev–Trinajstić information content (AvgIpc) is 3.75. The van der Waals surface area contributed by atoms with Gasteiger partial charge in [0, 0.05) is 36.6 Å². The molecule has 1 saturated heterocycles. The van der Waals surface area contributed by atoms with E-state index < -0.39 is 11.9 Å². The zero-order chi connectivity index (χ0) is 25.9. The van der Waals surface area contributed by atoms with Crippen molar-refractivity contribution in [2.75, 3.05) is 42.9 Å². The quantitative estimate of drug-likeness (QED) is 0.500. The number of nitrogens with zero attached hydrogens (tertiary/aromatic N) is 2. The summed E-state index contributed by atoms with van der Waals surface area (Å²) in [4.78, 5) is 31.7. The van der Waals surface area contributed by atoms with Gasteiger partial charge >= 0.3 is 0 Å². The molecule has 3 heterocycles. The summed E-state index contributed by atoms with van der Waals surface area (Å²) in [6, 6.07) is 15.6. The molecule has 1 atom stereocenters. The van der Waals surface area contributed by atoms with Crippen LogP contribution in [-0.4, -0.2) is 51.0 Å². The fourth-order valence-electron chi connectivity index (χ4n) is 5.39. The number of hydrogen-bond donors (Lipinski definition) is 1. The standard InChI is InChI=1S/C29H31N3O6/c33-28(30-21-4-1-2-5-21)27(20-7-9-22(10-8-20)31-13-16-35-17-14-31)32(29(34)25-6-3-15-36-25)23-11-12-24-26(18-23)38-19-37-24/h3,6-12,15,18,21,27H,1-2,4-5,13-14,16-17,19H2,(H,30,33). The van der Waals surface area contributed by atoms with Gasteiger partial charge in [-0.2, -0.15) is 0 Å². The molecule has 1 unspecified atom stereocenters. The highest BCUT2D eigenvalue weighted by atomic mass is 16.7. The van der Waals surface area contributed by atoms with Gasteiger partial charge in [0.2, 0.25) is 12.7 Å². The Hall–Kier alpha value is -3.98. The number of benzene rings is 2. The van der Waals surface area contributed by atoms with Crippen molar-refractivity contribution in [3.63, 3.8) is 0 Å². The summed E-state index contributed by atoms with van der Waals surface area (Å²) in [7, 11) is 0. The second-order valence-electron chi connectivity index (χ2n) is 9.77. The highest BCUT2D eigenvalue weighted by Gasteiger charge is 2.36. The highest BCUT2D eigenvalue weighted by molar-refractivity contribution is 6.09. The van der Waals surface area contributed by atoms with Crippen LogP contribution >= 0.6 is 0 Å². The van der Waals surface area contributed by atoms with Gasteiger partial charge in [0.25, 0.3) is 5.91 Å². The fraction of sp³-hybridized carbons (Fsp3) is 0.379. The Kier molecular flexibility index (Phi) is 6.92. The number of furan rings is 1. The Labute approximate surface area is 221 Å². The first-order valence-corrected chi connectivity index (χ1v) is 13.2. The lowest BCUT2D eigenvalue weighted by molar-refractivity contribution is -0.123. The van der Waals surface area contributed by atoms with Crippen molar-refractivity contribution in [2.24, 2.45) is 0 Å². The third-order valence-corrected chi connectivity index (χ3v) is 7.38. The second kappa shape index (κ2) is 10.8. The molecule has 6 rings (SSSR count). The molecule has 3 aromatic rings. The number of amides is 2. The van der Waals surface area contributed by atoms with Crippen molar-refractivity contribution in [1.29, 1.82) is 0 Å². The van der Waals surface area contributed by atoms with Gasteiger partial charge in [0.15, 0.2) is 17.3 Å². The van der Waals surface area contributed by atoms with Gasteiger partial charge in [-0.05, 0) is 54.8 Å². The summed E-state index contributed by atoms with van der Waals surface area (Å²) >= 11 is 0. The van der Waals surface area contributed by atoms with E-state index in [0.29, 0.717) is 36.0 Å². The van der Waals surface area contributed by atoms with Crippen molar-refractivity contribution in [3.8, 4) is 11.5 Å². The lowest BCUT2D eigenvalue weighted by Gasteiger charge is -2.33. The van der Waals surface area contributed by atoms with E-state index in [9.17, 15) is 9.59 Å². The maximum absolute atomic E-state index is 14.0. The topological polar surface area (TPSA) is 93.5 Å². The zero-order valence-electron chi connectivity index (χ0n) is 21.1. The van der Waals surface area contributed by atoms with Crippen LogP contribution in [0.25, 0.3) is 0 Å². The number of rotatable bonds is 7. The number of hydrogen-bond acceptors (Lipinski definition) is 7. The number of anilines is 2. The van der Waals surface area contributed by atoms with Gasteiger partial charge in [-0.3, -0.25) is 14.5 Å². The number of carbonyl (C=O) groups excluding carboxylic acids is 2. The molecule has 2 amide bonds. The Morgan fingerprint density at radius 2 is 1.71 bits per heavy atom. The van der Waals surface area contributed by atoms with E-state index in [4.69, 9.17) is 18.6 Å². The molecule has 0 spiro atoms. The van der Waals surface area contributed by atoms with Crippen LogP contribution in [0.3, 0.4) is 0 Å². The molecule has 1 N–H and O–H groups in total. The maximum atomic E-state index is 14.0. The van der Waals surface area contributed by atoms with Crippen LogP contribution in [0.1, 0.15) is 47.8 Å². The minimum absolute atomic E-state index is 0.0925. The van der Waals surface area contributed by atoms with Gasteiger partial charge in [-0.1, -0.05) is 25.0 Å². The summed E-state index contributed by atoms with van der Waals surface area (Å²) in [5.41, 5.74) is 2.27. The summed E-state index contributed by atoms with van der Waals surface area (Å²) in [5, 5.41) is 3.21. The van der Waals surface area contributed by atoms with Gasteiger partial charge in [-0.25, -0.2) is 0 Å². The zero-order valence-corrected chi connectivity index (χ0v) is 21.1. The second-order valence-corrected chi connectivity index (χ2v) is 9.77. The lowest BCUT2D eigenvalue weighted by atomic mass is 10.0. The van der Waals surface area contributed by atoms with Crippen molar-refractivity contribution in [1.82, 2.24) is 5.32 Å². The van der Waals surface area contributed by atoms with Crippen molar-refractivity contribution >= 4 is 23.2 Å². The molecule has 3 aliphatic rings. The van der Waals surface area contributed by atoms with E-state index >= 15 is 0 Å². The summed E-state index contributed by atoms with van der Waals surface area (Å²) in [6.07, 6.45) is 5.49. The third-order valence-electron chi connectivity index (χ3n) is 7.38. The van der Waals surface area contributed by atoms with Gasteiger partial charge in [0.05, 0.1) is 19.5 Å². The minimum Gasteiger partial charge on any atom is -0.459 e. The molecule has 2 fully saturated rings. The molecule has 38 heavy (non-hydrogen) atoms. The fourth-order valence-corrected chi connectivity index (χ4v) is 5.39. The van der Waals surface area contributed by atoms with E-state index in [2.05, 4.69) is 10.2 Å². The predicted molar refractivity (Wildman–Crippen MR) is 141 cm³/mol. The largest absolute Gasteiger partial charge is 0.459 e. The monoisotopic (exact) mass is 517 g/mol. The predicted octanol–water partition coefficient (Wildman–Crippen LogP) is 4.29. The first-order valence-electron chi connectivity index (χ1n) is 13.2. The van der Waals surface area contributed by atoms with Gasteiger partial charge in [-0.15, -0.1) is 0 Å². The molecule has 0 radical (unpaired) electrons. The normalized spacial score (nSPS) is 17.8. The molecule has 9 nitrogen and oxygen atoms in total. The molecule has 2 aliphatic heterocycles. The van der Waals surface area contributed by atoms with E-state index in [0.717, 1.165) is 44.5 Å². The van der Waals surface area contributed by atoms with Gasteiger partial charge in [0.1, 0.15) is 6.04 Å². The van der Waals surface area contributed by atoms with Crippen LogP contribution in [0.5, 0.6) is 11.5 Å². The molecular formula is C29H31N3O6. The van der Waals surface area contributed by atoms with Crippen LogP contribution in [0.15, 0.2) is 65.3 Å². The molecule has 198 valence electrons.